The molecule has 2 N–H and O–H groups in total. The van der Waals surface area contributed by atoms with Crippen LogP contribution in [0, 0.1) is 0 Å². The van der Waals surface area contributed by atoms with Gasteiger partial charge in [-0.3, -0.25) is 4.79 Å². The lowest BCUT2D eigenvalue weighted by molar-refractivity contribution is 0.326. The smallest absolute Gasteiger partial charge is 0.208 e. The summed E-state index contributed by atoms with van der Waals surface area (Å²) in [6, 6.07) is 4.14. The summed E-state index contributed by atoms with van der Waals surface area (Å²) < 4.78 is 21.4. The first-order valence-electron chi connectivity index (χ1n) is 6.63. The number of fused-ring (bicyclic) bond motifs is 2. The Bertz CT molecular complexity index is 972. The molecule has 0 unspecified atom stereocenters. The molecule has 0 fully saturated rings. The minimum Gasteiger partial charge on any atom is -0.504 e. The number of ether oxygens (including phenoxy) is 3. The van der Waals surface area contributed by atoms with Crippen LogP contribution in [0.3, 0.4) is 0 Å². The summed E-state index contributed by atoms with van der Waals surface area (Å²) in [5.74, 6) is -0.269. The SMILES string of the molecule is COc1cc2oc3ccc(O)c(O)c3c(=O)c2c(OC)c1OC. The van der Waals surface area contributed by atoms with Gasteiger partial charge in [0.2, 0.25) is 11.2 Å². The summed E-state index contributed by atoms with van der Waals surface area (Å²) in [5.41, 5.74) is -0.207. The van der Waals surface area contributed by atoms with Gasteiger partial charge >= 0.3 is 0 Å². The van der Waals surface area contributed by atoms with E-state index in [2.05, 4.69) is 0 Å². The fourth-order valence-electron chi connectivity index (χ4n) is 2.54. The third kappa shape index (κ3) is 2.01. The molecule has 1 heterocycles. The van der Waals surface area contributed by atoms with Gasteiger partial charge in [-0.1, -0.05) is 0 Å². The van der Waals surface area contributed by atoms with Crippen LogP contribution in [-0.4, -0.2) is 31.5 Å². The second-order valence-corrected chi connectivity index (χ2v) is 4.76. The van der Waals surface area contributed by atoms with Crippen molar-refractivity contribution in [3.05, 3.63) is 28.4 Å². The Morgan fingerprint density at radius 2 is 1.61 bits per heavy atom. The number of phenolic OH excluding ortho intramolecular Hbond substituents is 2. The zero-order valence-electron chi connectivity index (χ0n) is 12.7. The summed E-state index contributed by atoms with van der Waals surface area (Å²) in [6.07, 6.45) is 0. The summed E-state index contributed by atoms with van der Waals surface area (Å²) in [7, 11) is 4.24. The van der Waals surface area contributed by atoms with Gasteiger partial charge in [0.1, 0.15) is 21.9 Å². The number of benzene rings is 2. The van der Waals surface area contributed by atoms with Crippen molar-refractivity contribution in [2.45, 2.75) is 0 Å². The maximum absolute atomic E-state index is 12.8. The minimum atomic E-state index is -0.549. The van der Waals surface area contributed by atoms with E-state index in [1.165, 1.54) is 39.5 Å². The van der Waals surface area contributed by atoms with Crippen molar-refractivity contribution in [2.24, 2.45) is 0 Å². The maximum Gasteiger partial charge on any atom is 0.208 e. The molecule has 0 aliphatic carbocycles. The Balaban J connectivity index is 2.60. The second-order valence-electron chi connectivity index (χ2n) is 4.76. The fraction of sp³-hybridized carbons (Fsp3) is 0.188. The van der Waals surface area contributed by atoms with E-state index in [1.807, 2.05) is 0 Å². The van der Waals surface area contributed by atoms with Crippen molar-refractivity contribution in [3.63, 3.8) is 0 Å². The minimum absolute atomic E-state index is 0.0820. The van der Waals surface area contributed by atoms with Crippen molar-refractivity contribution >= 4 is 21.9 Å². The lowest BCUT2D eigenvalue weighted by Crippen LogP contribution is -2.06. The Morgan fingerprint density at radius 1 is 0.913 bits per heavy atom. The molecule has 23 heavy (non-hydrogen) atoms. The number of phenols is 2. The molecule has 0 radical (unpaired) electrons. The summed E-state index contributed by atoms with van der Waals surface area (Å²) in [5, 5.41) is 19.5. The second kappa shape index (κ2) is 5.28. The molecule has 0 amide bonds. The highest BCUT2D eigenvalue weighted by Crippen LogP contribution is 2.43. The molecule has 120 valence electrons. The van der Waals surface area contributed by atoms with Gasteiger partial charge in [0.05, 0.1) is 21.3 Å². The van der Waals surface area contributed by atoms with Gasteiger partial charge in [-0.2, -0.15) is 0 Å². The molecule has 0 saturated carbocycles. The molecule has 7 heteroatoms. The van der Waals surface area contributed by atoms with E-state index in [0.29, 0.717) is 5.75 Å². The van der Waals surface area contributed by atoms with Crippen molar-refractivity contribution in [2.75, 3.05) is 21.3 Å². The largest absolute Gasteiger partial charge is 0.504 e. The van der Waals surface area contributed by atoms with E-state index in [-0.39, 0.29) is 33.4 Å². The average molecular weight is 318 g/mol. The van der Waals surface area contributed by atoms with Crippen LogP contribution in [0.15, 0.2) is 27.4 Å². The van der Waals surface area contributed by atoms with E-state index in [4.69, 9.17) is 18.6 Å². The van der Waals surface area contributed by atoms with Gasteiger partial charge in [0.25, 0.3) is 0 Å². The van der Waals surface area contributed by atoms with Crippen LogP contribution in [-0.2, 0) is 0 Å². The standard InChI is InChI=1S/C16H14O7/c1-20-10-6-9-12(16(22-3)15(10)21-2)14(19)11-8(23-9)5-4-7(17)13(11)18/h4-6,17-18H,1-3H3. The van der Waals surface area contributed by atoms with E-state index in [1.54, 1.807) is 0 Å². The third-order valence-electron chi connectivity index (χ3n) is 3.59. The normalized spacial score (nSPS) is 10.9. The number of rotatable bonds is 3. The molecular formula is C16H14O7. The Morgan fingerprint density at radius 3 is 2.22 bits per heavy atom. The molecule has 0 bridgehead atoms. The van der Waals surface area contributed by atoms with Gasteiger partial charge in [-0.15, -0.1) is 0 Å². The van der Waals surface area contributed by atoms with Crippen molar-refractivity contribution in [1.29, 1.82) is 0 Å². The highest BCUT2D eigenvalue weighted by molar-refractivity contribution is 5.98. The molecule has 0 spiro atoms. The third-order valence-corrected chi connectivity index (χ3v) is 3.59. The van der Waals surface area contributed by atoms with Crippen molar-refractivity contribution in [1.82, 2.24) is 0 Å². The van der Waals surface area contributed by atoms with E-state index in [9.17, 15) is 15.0 Å². The first-order chi connectivity index (χ1) is 11.0. The van der Waals surface area contributed by atoms with Crippen LogP contribution in [0.25, 0.3) is 21.9 Å². The summed E-state index contributed by atoms with van der Waals surface area (Å²) >= 11 is 0. The van der Waals surface area contributed by atoms with Crippen LogP contribution in [0.2, 0.25) is 0 Å². The summed E-state index contributed by atoms with van der Waals surface area (Å²) in [4.78, 5) is 12.8. The Kier molecular flexibility index (Phi) is 3.40. The number of hydrogen-bond acceptors (Lipinski definition) is 7. The molecule has 2 aromatic carbocycles. The molecular weight excluding hydrogens is 304 g/mol. The van der Waals surface area contributed by atoms with Gasteiger partial charge in [0, 0.05) is 6.07 Å². The molecule has 7 nitrogen and oxygen atoms in total. The maximum atomic E-state index is 12.8. The van der Waals surface area contributed by atoms with Crippen LogP contribution >= 0.6 is 0 Å². The molecule has 0 atom stereocenters. The summed E-state index contributed by atoms with van der Waals surface area (Å²) in [6.45, 7) is 0. The van der Waals surface area contributed by atoms with Gasteiger partial charge in [-0.25, -0.2) is 0 Å². The lowest BCUT2D eigenvalue weighted by Gasteiger charge is -2.14. The first-order valence-corrected chi connectivity index (χ1v) is 6.63. The van der Waals surface area contributed by atoms with Gasteiger partial charge in [0.15, 0.2) is 23.0 Å². The lowest BCUT2D eigenvalue weighted by atomic mass is 10.1. The number of methoxy groups -OCH3 is 3. The molecule has 0 saturated heterocycles. The first kappa shape index (κ1) is 14.8. The van der Waals surface area contributed by atoms with Crippen LogP contribution in [0.5, 0.6) is 28.7 Å². The predicted molar refractivity (Wildman–Crippen MR) is 83.0 cm³/mol. The number of aromatic hydroxyl groups is 2. The zero-order valence-corrected chi connectivity index (χ0v) is 12.7. The quantitative estimate of drug-likeness (QED) is 0.565. The molecule has 0 aliphatic rings. The van der Waals surface area contributed by atoms with E-state index < -0.39 is 16.9 Å². The van der Waals surface area contributed by atoms with Crippen LogP contribution < -0.4 is 19.6 Å². The molecule has 3 rings (SSSR count). The van der Waals surface area contributed by atoms with E-state index >= 15 is 0 Å². The van der Waals surface area contributed by atoms with Crippen LogP contribution in [0.4, 0.5) is 0 Å². The van der Waals surface area contributed by atoms with E-state index in [0.717, 1.165) is 0 Å². The topological polar surface area (TPSA) is 98.4 Å². The van der Waals surface area contributed by atoms with Crippen LogP contribution in [0.1, 0.15) is 0 Å². The molecule has 0 aliphatic heterocycles. The highest BCUT2D eigenvalue weighted by atomic mass is 16.5. The van der Waals surface area contributed by atoms with Gasteiger partial charge < -0.3 is 28.8 Å². The molecule has 3 aromatic rings. The zero-order chi connectivity index (χ0) is 16.7. The highest BCUT2D eigenvalue weighted by Gasteiger charge is 2.23. The predicted octanol–water partition coefficient (Wildman–Crippen LogP) is 2.38. The van der Waals surface area contributed by atoms with Gasteiger partial charge in [-0.05, 0) is 12.1 Å². The van der Waals surface area contributed by atoms with Crippen molar-refractivity contribution < 1.29 is 28.8 Å². The molecule has 1 aromatic heterocycles. The number of hydrogen-bond donors (Lipinski definition) is 2. The Hall–Kier alpha value is -3.09. The fourth-order valence-corrected chi connectivity index (χ4v) is 2.54. The average Bonchev–Trinajstić information content (AvgIpc) is 2.56. The monoisotopic (exact) mass is 318 g/mol. The Labute approximate surface area is 130 Å². The van der Waals surface area contributed by atoms with Crippen molar-refractivity contribution in [3.8, 4) is 28.7 Å².